The Morgan fingerprint density at radius 2 is 2.00 bits per heavy atom. The van der Waals surface area contributed by atoms with Crippen molar-refractivity contribution in [1.29, 1.82) is 0 Å². The van der Waals surface area contributed by atoms with E-state index in [9.17, 15) is 4.79 Å². The summed E-state index contributed by atoms with van der Waals surface area (Å²) in [7, 11) is 0. The summed E-state index contributed by atoms with van der Waals surface area (Å²) < 4.78 is 11.0. The van der Waals surface area contributed by atoms with Crippen LogP contribution in [0.3, 0.4) is 0 Å². The largest absolute Gasteiger partial charge is 0.376 e. The van der Waals surface area contributed by atoms with Crippen molar-refractivity contribution in [3.05, 3.63) is 28.2 Å². The Hall–Kier alpha value is -1.01. The van der Waals surface area contributed by atoms with E-state index < -0.39 is 0 Å². The number of hydrogen-bond donors (Lipinski definition) is 0. The van der Waals surface area contributed by atoms with Gasteiger partial charge in [0.2, 0.25) is 5.91 Å². The molecule has 2 heterocycles. The average Bonchev–Trinajstić information content (AvgIpc) is 3.11. The Labute approximate surface area is 152 Å². The molecule has 1 aromatic carbocycles. The molecule has 0 saturated carbocycles. The summed E-state index contributed by atoms with van der Waals surface area (Å²) in [5.74, 6) is 0.0433. The van der Waals surface area contributed by atoms with Gasteiger partial charge >= 0.3 is 0 Å². The molecule has 0 aliphatic carbocycles. The summed E-state index contributed by atoms with van der Waals surface area (Å²) >= 11 is 12.0. The second-order valence-corrected chi connectivity index (χ2v) is 6.93. The molecule has 0 radical (unpaired) electrons. The van der Waals surface area contributed by atoms with Crippen molar-refractivity contribution in [3.63, 3.8) is 0 Å². The summed E-state index contributed by atoms with van der Waals surface area (Å²) in [6.07, 6.45) is 2.26. The third-order valence-corrected chi connectivity index (χ3v) is 5.19. The zero-order valence-electron chi connectivity index (χ0n) is 13.5. The van der Waals surface area contributed by atoms with Crippen LogP contribution in [-0.4, -0.2) is 62.9 Å². The molecule has 7 heteroatoms. The number of halogens is 2. The number of carbonyl (C=O) groups excluding carboxylic acids is 1. The van der Waals surface area contributed by atoms with E-state index in [0.717, 1.165) is 38.2 Å². The van der Waals surface area contributed by atoms with Crippen LogP contribution < -0.4 is 4.90 Å². The molecule has 0 spiro atoms. The van der Waals surface area contributed by atoms with Gasteiger partial charge in [-0.15, -0.1) is 0 Å². The van der Waals surface area contributed by atoms with Gasteiger partial charge in [0.25, 0.3) is 0 Å². The summed E-state index contributed by atoms with van der Waals surface area (Å²) in [6.45, 7) is 4.36. The fourth-order valence-electron chi connectivity index (χ4n) is 3.04. The lowest BCUT2D eigenvalue weighted by atomic mass is 10.2. The molecule has 0 bridgehead atoms. The zero-order chi connectivity index (χ0) is 16.9. The van der Waals surface area contributed by atoms with Crippen molar-refractivity contribution in [1.82, 2.24) is 4.90 Å². The lowest BCUT2D eigenvalue weighted by Gasteiger charge is -2.36. The van der Waals surface area contributed by atoms with Crippen molar-refractivity contribution in [3.8, 4) is 0 Å². The smallest absolute Gasteiger partial charge is 0.248 e. The molecule has 2 aliphatic rings. The summed E-state index contributed by atoms with van der Waals surface area (Å²) in [6, 6.07) is 5.62. The Bertz CT molecular complexity index is 571. The maximum absolute atomic E-state index is 12.2. The standard InChI is InChI=1S/C17H22Cl2N2O3/c18-15-4-3-13(10-16(15)19)20-5-7-21(8-6-20)17(22)12-23-11-14-2-1-9-24-14/h3-4,10,14H,1-2,5-9,11-12H2/t14-/m1/s1. The maximum Gasteiger partial charge on any atom is 0.248 e. The fourth-order valence-corrected chi connectivity index (χ4v) is 3.33. The maximum atomic E-state index is 12.2. The lowest BCUT2D eigenvalue weighted by molar-refractivity contribution is -0.137. The highest BCUT2D eigenvalue weighted by Crippen LogP contribution is 2.27. The van der Waals surface area contributed by atoms with Crippen LogP contribution in [0.4, 0.5) is 5.69 Å². The average molecular weight is 373 g/mol. The number of hydrogen-bond acceptors (Lipinski definition) is 4. The van der Waals surface area contributed by atoms with E-state index in [-0.39, 0.29) is 18.6 Å². The Morgan fingerprint density at radius 1 is 1.21 bits per heavy atom. The minimum atomic E-state index is 0.0433. The third kappa shape index (κ3) is 4.54. The van der Waals surface area contributed by atoms with Crippen LogP contribution in [0, 0.1) is 0 Å². The second-order valence-electron chi connectivity index (χ2n) is 6.12. The van der Waals surface area contributed by atoms with Crippen LogP contribution in [-0.2, 0) is 14.3 Å². The normalized spacial score (nSPS) is 21.3. The molecular weight excluding hydrogens is 351 g/mol. The van der Waals surface area contributed by atoms with Gasteiger partial charge in [0.05, 0.1) is 22.8 Å². The number of amides is 1. The van der Waals surface area contributed by atoms with E-state index in [0.29, 0.717) is 29.7 Å². The highest BCUT2D eigenvalue weighted by molar-refractivity contribution is 6.42. The van der Waals surface area contributed by atoms with Gasteiger partial charge < -0.3 is 19.3 Å². The van der Waals surface area contributed by atoms with Crippen LogP contribution in [0.5, 0.6) is 0 Å². The highest BCUT2D eigenvalue weighted by atomic mass is 35.5. The van der Waals surface area contributed by atoms with E-state index in [2.05, 4.69) is 4.90 Å². The first-order valence-electron chi connectivity index (χ1n) is 8.30. The number of rotatable bonds is 5. The Balaban J connectivity index is 1.42. The molecule has 0 aromatic heterocycles. The molecule has 2 fully saturated rings. The molecule has 0 unspecified atom stereocenters. The Kier molecular flexibility index (Phi) is 6.22. The second kappa shape index (κ2) is 8.39. The minimum absolute atomic E-state index is 0.0433. The van der Waals surface area contributed by atoms with E-state index in [1.807, 2.05) is 17.0 Å². The number of carbonyl (C=O) groups is 1. The molecular formula is C17H22Cl2N2O3. The number of benzene rings is 1. The minimum Gasteiger partial charge on any atom is -0.376 e. The van der Waals surface area contributed by atoms with Crippen LogP contribution in [0.1, 0.15) is 12.8 Å². The Morgan fingerprint density at radius 3 is 2.67 bits per heavy atom. The van der Waals surface area contributed by atoms with E-state index in [1.54, 1.807) is 6.07 Å². The lowest BCUT2D eigenvalue weighted by Crippen LogP contribution is -2.49. The van der Waals surface area contributed by atoms with Gasteiger partial charge in [-0.25, -0.2) is 0 Å². The third-order valence-electron chi connectivity index (χ3n) is 4.45. The zero-order valence-corrected chi connectivity index (χ0v) is 15.1. The molecule has 24 heavy (non-hydrogen) atoms. The molecule has 1 amide bonds. The number of nitrogens with zero attached hydrogens (tertiary/aromatic N) is 2. The fraction of sp³-hybridized carbons (Fsp3) is 0.588. The SMILES string of the molecule is O=C(COC[C@H]1CCCO1)N1CCN(c2ccc(Cl)c(Cl)c2)CC1. The van der Waals surface area contributed by atoms with Crippen molar-refractivity contribution >= 4 is 34.8 Å². The van der Waals surface area contributed by atoms with Gasteiger partial charge in [-0.1, -0.05) is 23.2 Å². The molecule has 132 valence electrons. The summed E-state index contributed by atoms with van der Waals surface area (Å²) in [4.78, 5) is 16.3. The predicted molar refractivity (Wildman–Crippen MR) is 95.0 cm³/mol. The van der Waals surface area contributed by atoms with Gasteiger partial charge in [0, 0.05) is 38.5 Å². The van der Waals surface area contributed by atoms with Gasteiger partial charge in [0.1, 0.15) is 6.61 Å². The van der Waals surface area contributed by atoms with Crippen molar-refractivity contribution in [2.45, 2.75) is 18.9 Å². The number of anilines is 1. The van der Waals surface area contributed by atoms with E-state index >= 15 is 0 Å². The van der Waals surface area contributed by atoms with Gasteiger partial charge in [-0.2, -0.15) is 0 Å². The topological polar surface area (TPSA) is 42.0 Å². The monoisotopic (exact) mass is 372 g/mol. The molecule has 1 aromatic rings. The predicted octanol–water partition coefficient (Wildman–Crippen LogP) is 2.84. The molecule has 3 rings (SSSR count). The molecule has 2 aliphatic heterocycles. The first kappa shape index (κ1) is 17.8. The van der Waals surface area contributed by atoms with Crippen LogP contribution in [0.2, 0.25) is 10.0 Å². The van der Waals surface area contributed by atoms with Crippen LogP contribution in [0.15, 0.2) is 18.2 Å². The molecule has 0 N–H and O–H groups in total. The van der Waals surface area contributed by atoms with E-state index in [1.165, 1.54) is 0 Å². The highest BCUT2D eigenvalue weighted by Gasteiger charge is 2.22. The van der Waals surface area contributed by atoms with Crippen molar-refractivity contribution in [2.24, 2.45) is 0 Å². The first-order chi connectivity index (χ1) is 11.6. The molecule has 2 saturated heterocycles. The molecule has 5 nitrogen and oxygen atoms in total. The molecule has 1 atom stereocenters. The number of ether oxygens (including phenoxy) is 2. The van der Waals surface area contributed by atoms with Crippen molar-refractivity contribution < 1.29 is 14.3 Å². The van der Waals surface area contributed by atoms with Crippen molar-refractivity contribution in [2.75, 3.05) is 50.9 Å². The van der Waals surface area contributed by atoms with Crippen LogP contribution >= 0.6 is 23.2 Å². The summed E-state index contributed by atoms with van der Waals surface area (Å²) in [5, 5.41) is 1.10. The quantitative estimate of drug-likeness (QED) is 0.796. The summed E-state index contributed by atoms with van der Waals surface area (Å²) in [5.41, 5.74) is 1.03. The van der Waals surface area contributed by atoms with Gasteiger partial charge in [-0.05, 0) is 31.0 Å². The van der Waals surface area contributed by atoms with Gasteiger partial charge in [0.15, 0.2) is 0 Å². The van der Waals surface area contributed by atoms with Crippen LogP contribution in [0.25, 0.3) is 0 Å². The number of piperazine rings is 1. The first-order valence-corrected chi connectivity index (χ1v) is 9.06. The van der Waals surface area contributed by atoms with Gasteiger partial charge in [-0.3, -0.25) is 4.79 Å². The van der Waals surface area contributed by atoms with E-state index in [4.69, 9.17) is 32.7 Å².